The Balaban J connectivity index is 2.25. The second kappa shape index (κ2) is 4.97. The molecule has 1 atom stereocenters. The fourth-order valence-electron chi connectivity index (χ4n) is 1.89. The number of nitrogen functional groups attached to an aromatic ring is 1. The lowest BCUT2D eigenvalue weighted by atomic mass is 10.2. The minimum absolute atomic E-state index is 0.0163. The van der Waals surface area contributed by atoms with E-state index in [2.05, 4.69) is 15.7 Å². The second-order valence-electron chi connectivity index (χ2n) is 4.21. The summed E-state index contributed by atoms with van der Waals surface area (Å²) in [5.41, 5.74) is 2.06. The number of pyridine rings is 1. The van der Waals surface area contributed by atoms with Crippen LogP contribution in [0.1, 0.15) is 6.42 Å². The average molecular weight is 287 g/mol. The zero-order valence-electron chi connectivity index (χ0n) is 9.87. The molecular weight excluding hydrogens is 274 g/mol. The number of nitro groups is 1. The summed E-state index contributed by atoms with van der Waals surface area (Å²) in [4.78, 5) is 14.2. The van der Waals surface area contributed by atoms with Crippen molar-refractivity contribution >= 4 is 27.2 Å². The molecule has 1 aromatic rings. The molecule has 1 unspecified atom stereocenters. The van der Waals surface area contributed by atoms with E-state index in [0.717, 1.165) is 0 Å². The van der Waals surface area contributed by atoms with E-state index in [1.807, 2.05) is 0 Å². The highest BCUT2D eigenvalue weighted by Crippen LogP contribution is 2.26. The summed E-state index contributed by atoms with van der Waals surface area (Å²) < 4.78 is 22.7. The van der Waals surface area contributed by atoms with Crippen LogP contribution in [0.15, 0.2) is 12.1 Å². The van der Waals surface area contributed by atoms with E-state index in [-0.39, 0.29) is 34.9 Å². The van der Waals surface area contributed by atoms with Crippen LogP contribution in [0.5, 0.6) is 0 Å². The van der Waals surface area contributed by atoms with Gasteiger partial charge in [-0.3, -0.25) is 10.1 Å². The molecule has 19 heavy (non-hydrogen) atoms. The Morgan fingerprint density at radius 1 is 1.47 bits per heavy atom. The highest BCUT2D eigenvalue weighted by atomic mass is 32.2. The van der Waals surface area contributed by atoms with Gasteiger partial charge in [0.25, 0.3) is 0 Å². The van der Waals surface area contributed by atoms with Gasteiger partial charge in [-0.05, 0) is 12.5 Å². The molecule has 0 bridgehead atoms. The molecule has 10 heteroatoms. The van der Waals surface area contributed by atoms with Crippen LogP contribution < -0.4 is 16.6 Å². The molecule has 2 rings (SSSR count). The summed E-state index contributed by atoms with van der Waals surface area (Å²) in [5, 5.41) is 13.7. The number of nitrogens with two attached hydrogens (primary N) is 1. The second-order valence-corrected chi connectivity index (χ2v) is 6.44. The molecule has 0 radical (unpaired) electrons. The van der Waals surface area contributed by atoms with E-state index in [1.54, 1.807) is 0 Å². The molecule has 0 spiro atoms. The Morgan fingerprint density at radius 2 is 2.21 bits per heavy atom. The molecule has 4 N–H and O–H groups in total. The normalized spacial score (nSPS) is 21.0. The van der Waals surface area contributed by atoms with Crippen molar-refractivity contribution in [2.45, 2.75) is 12.5 Å². The summed E-state index contributed by atoms with van der Waals surface area (Å²) in [7, 11) is -3.06. The molecule has 9 nitrogen and oxygen atoms in total. The Hall–Kier alpha value is -1.94. The SMILES string of the molecule is NNc1ccc([N+](=O)[O-])c(NC2CCS(=O)(=O)C2)n1. The van der Waals surface area contributed by atoms with Crippen LogP contribution in [0.2, 0.25) is 0 Å². The molecule has 0 aliphatic carbocycles. The Morgan fingerprint density at radius 3 is 2.74 bits per heavy atom. The van der Waals surface area contributed by atoms with Crippen LogP contribution in [-0.2, 0) is 9.84 Å². The van der Waals surface area contributed by atoms with E-state index in [0.29, 0.717) is 6.42 Å². The van der Waals surface area contributed by atoms with E-state index >= 15 is 0 Å². The highest BCUT2D eigenvalue weighted by molar-refractivity contribution is 7.91. The fraction of sp³-hybridized carbons (Fsp3) is 0.444. The van der Waals surface area contributed by atoms with Crippen molar-refractivity contribution in [2.24, 2.45) is 5.84 Å². The number of nitrogens with one attached hydrogen (secondary N) is 2. The number of sulfone groups is 1. The molecule has 104 valence electrons. The van der Waals surface area contributed by atoms with Crippen molar-refractivity contribution in [2.75, 3.05) is 22.2 Å². The number of hydrazine groups is 1. The Kier molecular flexibility index (Phi) is 3.53. The maximum atomic E-state index is 11.3. The molecule has 0 amide bonds. The van der Waals surface area contributed by atoms with Gasteiger partial charge in [-0.15, -0.1) is 0 Å². The van der Waals surface area contributed by atoms with Crippen LogP contribution in [0.3, 0.4) is 0 Å². The first-order valence-electron chi connectivity index (χ1n) is 5.50. The third kappa shape index (κ3) is 3.09. The van der Waals surface area contributed by atoms with Gasteiger partial charge >= 0.3 is 5.69 Å². The molecule has 1 fully saturated rings. The lowest BCUT2D eigenvalue weighted by molar-refractivity contribution is -0.384. The zero-order chi connectivity index (χ0) is 14.0. The Bertz CT molecular complexity index is 603. The smallest absolute Gasteiger partial charge is 0.311 e. The number of rotatable bonds is 4. The largest absolute Gasteiger partial charge is 0.360 e. The minimum atomic E-state index is -3.06. The van der Waals surface area contributed by atoms with E-state index in [9.17, 15) is 18.5 Å². The molecule has 1 aliphatic heterocycles. The van der Waals surface area contributed by atoms with E-state index in [1.165, 1.54) is 12.1 Å². The summed E-state index contributed by atoms with van der Waals surface area (Å²) >= 11 is 0. The van der Waals surface area contributed by atoms with Crippen molar-refractivity contribution in [3.63, 3.8) is 0 Å². The van der Waals surface area contributed by atoms with Gasteiger partial charge in [-0.2, -0.15) is 0 Å². The van der Waals surface area contributed by atoms with Gasteiger partial charge in [0.2, 0.25) is 5.82 Å². The highest BCUT2D eigenvalue weighted by Gasteiger charge is 2.29. The van der Waals surface area contributed by atoms with Crippen molar-refractivity contribution in [1.82, 2.24) is 4.98 Å². The maximum absolute atomic E-state index is 11.3. The summed E-state index contributed by atoms with van der Waals surface area (Å²) in [5.74, 6) is 5.49. The summed E-state index contributed by atoms with van der Waals surface area (Å²) in [6.07, 6.45) is 0.404. The minimum Gasteiger partial charge on any atom is -0.360 e. The van der Waals surface area contributed by atoms with E-state index in [4.69, 9.17) is 5.84 Å². The Labute approximate surface area is 109 Å². The zero-order valence-corrected chi connectivity index (χ0v) is 10.7. The fourth-order valence-corrected chi connectivity index (χ4v) is 3.56. The van der Waals surface area contributed by atoms with Gasteiger partial charge in [0.05, 0.1) is 16.4 Å². The first-order valence-corrected chi connectivity index (χ1v) is 7.32. The number of hydrogen-bond acceptors (Lipinski definition) is 8. The van der Waals surface area contributed by atoms with Crippen molar-refractivity contribution < 1.29 is 13.3 Å². The van der Waals surface area contributed by atoms with Crippen molar-refractivity contribution in [3.8, 4) is 0 Å². The summed E-state index contributed by atoms with van der Waals surface area (Å²) in [6, 6.07) is 2.26. The predicted molar refractivity (Wildman–Crippen MR) is 69.4 cm³/mol. The lowest BCUT2D eigenvalue weighted by Crippen LogP contribution is -2.22. The lowest BCUT2D eigenvalue weighted by Gasteiger charge is -2.12. The molecule has 1 aliphatic rings. The monoisotopic (exact) mass is 287 g/mol. The molecule has 2 heterocycles. The first-order chi connectivity index (χ1) is 8.91. The molecule has 0 saturated carbocycles. The molecular formula is C9H13N5O4S. The first kappa shape index (κ1) is 13.5. The van der Waals surface area contributed by atoms with Crippen LogP contribution in [0.25, 0.3) is 0 Å². The van der Waals surface area contributed by atoms with Crippen molar-refractivity contribution in [1.29, 1.82) is 0 Å². The van der Waals surface area contributed by atoms with Crippen molar-refractivity contribution in [3.05, 3.63) is 22.2 Å². The van der Waals surface area contributed by atoms with Gasteiger partial charge in [-0.1, -0.05) is 0 Å². The van der Waals surface area contributed by atoms with Gasteiger partial charge < -0.3 is 10.7 Å². The molecule has 1 aromatic heterocycles. The third-order valence-electron chi connectivity index (χ3n) is 2.79. The van der Waals surface area contributed by atoms with Crippen LogP contribution in [0.4, 0.5) is 17.3 Å². The number of aromatic nitrogens is 1. The van der Waals surface area contributed by atoms with E-state index < -0.39 is 14.8 Å². The maximum Gasteiger partial charge on any atom is 0.311 e. The number of hydrogen-bond donors (Lipinski definition) is 3. The quantitative estimate of drug-likeness (QED) is 0.395. The molecule has 0 aromatic carbocycles. The average Bonchev–Trinajstić information content (AvgIpc) is 2.68. The number of anilines is 2. The standard InChI is InChI=1S/C9H13N5O4S/c10-13-8-2-1-7(14(15)16)9(12-8)11-6-3-4-19(17,18)5-6/h1-2,6H,3-5,10H2,(H2,11,12,13). The molecule has 1 saturated heterocycles. The third-order valence-corrected chi connectivity index (χ3v) is 4.56. The summed E-state index contributed by atoms with van der Waals surface area (Å²) in [6.45, 7) is 0. The number of nitrogens with zero attached hydrogens (tertiary/aromatic N) is 2. The van der Waals surface area contributed by atoms with Gasteiger partial charge in [0, 0.05) is 12.1 Å². The van der Waals surface area contributed by atoms with Gasteiger partial charge in [-0.25, -0.2) is 19.2 Å². The predicted octanol–water partition coefficient (Wildman–Crippen LogP) is -0.126. The van der Waals surface area contributed by atoms with Gasteiger partial charge in [0.1, 0.15) is 5.82 Å². The topological polar surface area (TPSA) is 140 Å². The van der Waals surface area contributed by atoms with Crippen LogP contribution >= 0.6 is 0 Å². The van der Waals surface area contributed by atoms with Gasteiger partial charge in [0.15, 0.2) is 9.84 Å². The van der Waals surface area contributed by atoms with Crippen LogP contribution in [-0.4, -0.2) is 35.9 Å². The van der Waals surface area contributed by atoms with Crippen LogP contribution in [0, 0.1) is 10.1 Å².